The molecule has 0 amide bonds. The largest absolute Gasteiger partial charge is 0.490 e. The third-order valence-corrected chi connectivity index (χ3v) is 14.4. The van der Waals surface area contributed by atoms with Crippen LogP contribution >= 0.6 is 0 Å². The summed E-state index contributed by atoms with van der Waals surface area (Å²) in [6, 6.07) is 13.5. The summed E-state index contributed by atoms with van der Waals surface area (Å²) in [6.45, 7) is 22.7. The molecular formula is C54H90N4O4. The predicted molar refractivity (Wildman–Crippen MR) is 259 cm³/mol. The normalized spacial score (nSPS) is 19.6. The average molecular weight is 859 g/mol. The maximum Gasteiger partial charge on any atom is 0.161 e. The first kappa shape index (κ1) is 48.9. The average Bonchev–Trinajstić information content (AvgIpc) is 3.31. The zero-order valence-corrected chi connectivity index (χ0v) is 39.9. The van der Waals surface area contributed by atoms with Gasteiger partial charge in [0, 0.05) is 0 Å². The third-order valence-electron chi connectivity index (χ3n) is 14.4. The molecular weight excluding hydrogens is 769 g/mol. The van der Waals surface area contributed by atoms with E-state index >= 15 is 0 Å². The Kier molecular flexibility index (Phi) is 23.0. The Hall–Kier alpha value is -2.52. The van der Waals surface area contributed by atoms with Crippen LogP contribution in [0.2, 0.25) is 0 Å². The standard InChI is InChI=1S/C54H90N4O4/c1-47(43-49-23-25-51(59-39-19-15-35-55-27-7-3-8-28-55)53(45-49)61-41-21-17-37-57-31-11-5-12-32-57)48(2)44-50-24-26-52(60-40-20-16-36-56-29-9-4-10-30-56)54(46-50)62-42-22-18-38-58-33-13-6-14-34-58/h23-26,45-48H,3-22,27-44H2,1-2H3/t47-,48-/m0/s1. The summed E-state index contributed by atoms with van der Waals surface area (Å²) in [6.07, 6.45) is 27.6. The van der Waals surface area contributed by atoms with Crippen molar-refractivity contribution in [3.8, 4) is 23.0 Å². The van der Waals surface area contributed by atoms with Crippen LogP contribution in [0.25, 0.3) is 0 Å². The lowest BCUT2D eigenvalue weighted by Crippen LogP contribution is -2.30. The molecule has 6 rings (SSSR count). The highest BCUT2D eigenvalue weighted by Crippen LogP contribution is 2.34. The van der Waals surface area contributed by atoms with Crippen LogP contribution in [0.1, 0.15) is 153 Å². The van der Waals surface area contributed by atoms with E-state index in [9.17, 15) is 0 Å². The molecule has 8 heteroatoms. The molecule has 0 N–H and O–H groups in total. The van der Waals surface area contributed by atoms with Crippen LogP contribution in [0.5, 0.6) is 23.0 Å². The summed E-state index contributed by atoms with van der Waals surface area (Å²) in [5, 5.41) is 0. The molecule has 4 saturated heterocycles. The van der Waals surface area contributed by atoms with Crippen molar-refractivity contribution in [2.75, 3.05) is 105 Å². The van der Waals surface area contributed by atoms with Crippen LogP contribution in [0, 0.1) is 11.8 Å². The highest BCUT2D eigenvalue weighted by molar-refractivity contribution is 5.44. The van der Waals surface area contributed by atoms with Crippen LogP contribution in [-0.4, -0.2) is 125 Å². The van der Waals surface area contributed by atoms with Crippen molar-refractivity contribution >= 4 is 0 Å². The number of piperidine rings is 4. The van der Waals surface area contributed by atoms with E-state index in [0.717, 1.165) is 88.0 Å². The Bertz CT molecular complexity index is 1360. The Morgan fingerprint density at radius 3 is 0.919 bits per heavy atom. The second kappa shape index (κ2) is 29.1. The number of nitrogens with zero attached hydrogens (tertiary/aromatic N) is 4. The summed E-state index contributed by atoms with van der Waals surface area (Å²) < 4.78 is 26.0. The number of ether oxygens (including phenoxy) is 4. The van der Waals surface area contributed by atoms with Gasteiger partial charge in [-0.15, -0.1) is 0 Å². The lowest BCUT2D eigenvalue weighted by atomic mass is 9.85. The monoisotopic (exact) mass is 859 g/mol. The lowest BCUT2D eigenvalue weighted by Gasteiger charge is -2.26. The SMILES string of the molecule is C[C@@H](Cc1ccc(OCCCCN2CCCCC2)c(OCCCCN2CCCCC2)c1)[C@@H](C)Cc1ccc(OCCCCN2CCCCC2)c(OCCCCN2CCCCC2)c1. The van der Waals surface area contributed by atoms with Crippen LogP contribution in [0.15, 0.2) is 36.4 Å². The molecule has 0 spiro atoms. The van der Waals surface area contributed by atoms with Crippen molar-refractivity contribution in [1.82, 2.24) is 19.6 Å². The van der Waals surface area contributed by atoms with Gasteiger partial charge in [0.2, 0.25) is 0 Å². The van der Waals surface area contributed by atoms with Gasteiger partial charge in [-0.05, 0) is 241 Å². The Balaban J connectivity index is 1.000. The Morgan fingerprint density at radius 1 is 0.355 bits per heavy atom. The fourth-order valence-corrected chi connectivity index (χ4v) is 10.2. The molecule has 2 aromatic rings. The van der Waals surface area contributed by atoms with Crippen molar-refractivity contribution in [2.24, 2.45) is 11.8 Å². The van der Waals surface area contributed by atoms with Gasteiger partial charge in [0.05, 0.1) is 26.4 Å². The smallest absolute Gasteiger partial charge is 0.161 e. The van der Waals surface area contributed by atoms with Crippen molar-refractivity contribution in [3.63, 3.8) is 0 Å². The van der Waals surface area contributed by atoms with Gasteiger partial charge in [-0.1, -0.05) is 51.7 Å². The topological polar surface area (TPSA) is 49.9 Å². The van der Waals surface area contributed by atoms with Crippen LogP contribution < -0.4 is 18.9 Å². The molecule has 62 heavy (non-hydrogen) atoms. The maximum absolute atomic E-state index is 6.55. The zero-order valence-electron chi connectivity index (χ0n) is 39.9. The van der Waals surface area contributed by atoms with Crippen molar-refractivity contribution in [1.29, 1.82) is 0 Å². The van der Waals surface area contributed by atoms with Crippen molar-refractivity contribution in [3.05, 3.63) is 47.5 Å². The summed E-state index contributed by atoms with van der Waals surface area (Å²) >= 11 is 0. The minimum Gasteiger partial charge on any atom is -0.490 e. The highest BCUT2D eigenvalue weighted by atomic mass is 16.5. The number of unbranched alkanes of at least 4 members (excludes halogenated alkanes) is 4. The summed E-state index contributed by atoms with van der Waals surface area (Å²) in [5.41, 5.74) is 2.67. The maximum atomic E-state index is 6.55. The van der Waals surface area contributed by atoms with E-state index in [0.29, 0.717) is 11.8 Å². The molecule has 0 aromatic heterocycles. The molecule has 0 unspecified atom stereocenters. The van der Waals surface area contributed by atoms with Crippen LogP contribution in [0.3, 0.4) is 0 Å². The molecule has 4 aliphatic rings. The Morgan fingerprint density at radius 2 is 0.629 bits per heavy atom. The fourth-order valence-electron chi connectivity index (χ4n) is 10.2. The van der Waals surface area contributed by atoms with Gasteiger partial charge in [0.15, 0.2) is 23.0 Å². The number of rotatable bonds is 29. The minimum absolute atomic E-state index is 0.504. The molecule has 4 fully saturated rings. The van der Waals surface area contributed by atoms with E-state index in [1.165, 1.54) is 192 Å². The molecule has 350 valence electrons. The van der Waals surface area contributed by atoms with Gasteiger partial charge >= 0.3 is 0 Å². The summed E-state index contributed by atoms with van der Waals surface area (Å²) in [4.78, 5) is 10.5. The van der Waals surface area contributed by atoms with Crippen LogP contribution in [0.4, 0.5) is 0 Å². The van der Waals surface area contributed by atoms with E-state index < -0.39 is 0 Å². The van der Waals surface area contributed by atoms with Gasteiger partial charge < -0.3 is 38.5 Å². The van der Waals surface area contributed by atoms with E-state index in [-0.39, 0.29) is 0 Å². The predicted octanol–water partition coefficient (Wildman–Crippen LogP) is 11.3. The van der Waals surface area contributed by atoms with E-state index in [2.05, 4.69) is 69.8 Å². The van der Waals surface area contributed by atoms with Crippen molar-refractivity contribution in [2.45, 2.75) is 155 Å². The van der Waals surface area contributed by atoms with Gasteiger partial charge in [-0.3, -0.25) is 0 Å². The minimum atomic E-state index is 0.504. The first-order chi connectivity index (χ1) is 30.6. The quantitative estimate of drug-likeness (QED) is 0.0750. The Labute approximate surface area is 379 Å². The molecule has 2 aromatic carbocycles. The molecule has 8 nitrogen and oxygen atoms in total. The summed E-state index contributed by atoms with van der Waals surface area (Å²) in [7, 11) is 0. The molecule has 0 radical (unpaired) electrons. The number of hydrogen-bond acceptors (Lipinski definition) is 8. The van der Waals surface area contributed by atoms with E-state index in [4.69, 9.17) is 18.9 Å². The first-order valence-corrected chi connectivity index (χ1v) is 26.3. The lowest BCUT2D eigenvalue weighted by molar-refractivity contribution is 0.209. The van der Waals surface area contributed by atoms with Crippen LogP contribution in [-0.2, 0) is 12.8 Å². The highest BCUT2D eigenvalue weighted by Gasteiger charge is 2.19. The van der Waals surface area contributed by atoms with Gasteiger partial charge in [0.25, 0.3) is 0 Å². The molecule has 0 saturated carbocycles. The number of benzene rings is 2. The summed E-state index contributed by atoms with van der Waals surface area (Å²) in [5.74, 6) is 4.68. The zero-order chi connectivity index (χ0) is 42.9. The molecule has 0 bridgehead atoms. The third kappa shape index (κ3) is 18.5. The second-order valence-corrected chi connectivity index (χ2v) is 19.8. The van der Waals surface area contributed by atoms with E-state index in [1.807, 2.05) is 0 Å². The van der Waals surface area contributed by atoms with Gasteiger partial charge in [-0.2, -0.15) is 0 Å². The number of hydrogen-bond donors (Lipinski definition) is 0. The molecule has 0 aliphatic carbocycles. The van der Waals surface area contributed by atoms with Gasteiger partial charge in [0.1, 0.15) is 0 Å². The first-order valence-electron chi connectivity index (χ1n) is 26.3. The fraction of sp³-hybridized carbons (Fsp3) is 0.778. The molecule has 4 aliphatic heterocycles. The number of likely N-dealkylation sites (tertiary alicyclic amines) is 4. The van der Waals surface area contributed by atoms with E-state index in [1.54, 1.807) is 0 Å². The van der Waals surface area contributed by atoms with Gasteiger partial charge in [-0.25, -0.2) is 0 Å². The molecule has 4 heterocycles. The molecule has 2 atom stereocenters. The second-order valence-electron chi connectivity index (χ2n) is 19.8. The van der Waals surface area contributed by atoms with Crippen molar-refractivity contribution < 1.29 is 18.9 Å².